The van der Waals surface area contributed by atoms with E-state index in [9.17, 15) is 4.79 Å². The Bertz CT molecular complexity index is 442. The molecule has 4 nitrogen and oxygen atoms in total. The molecule has 154 valence electrons. The van der Waals surface area contributed by atoms with Gasteiger partial charge in [-0.15, -0.1) is 9.24 Å². The zero-order valence-electron chi connectivity index (χ0n) is 18.5. The van der Waals surface area contributed by atoms with Crippen LogP contribution in [-0.2, 0) is 34.8 Å². The van der Waals surface area contributed by atoms with Gasteiger partial charge in [-0.25, -0.2) is 0 Å². The Kier molecular flexibility index (Phi) is 29.8. The number of rotatable bonds is 10. The molecule has 11 heteroatoms. The first-order valence-corrected chi connectivity index (χ1v) is 11.5. The second-order valence-electron chi connectivity index (χ2n) is 6.86. The first kappa shape index (κ1) is 37.4. The Morgan fingerprint density at radius 3 is 2.11 bits per heavy atom. The van der Waals surface area contributed by atoms with Gasteiger partial charge in [-0.05, 0) is 24.7 Å². The third-order valence-corrected chi connectivity index (χ3v) is 4.23. The number of carbonyl (C=O) groups excluding carboxylic acids is 1. The smallest absolute Gasteiger partial charge is 0.464 e. The van der Waals surface area contributed by atoms with E-state index in [0.717, 1.165) is 19.3 Å². The van der Waals surface area contributed by atoms with E-state index >= 15 is 0 Å². The van der Waals surface area contributed by atoms with Crippen LogP contribution >= 0.6 is 33.7 Å². The number of carbonyl (C=O) groups is 1. The van der Waals surface area contributed by atoms with E-state index in [-0.39, 0.29) is 76.4 Å². The molecule has 0 bridgehead atoms. The van der Waals surface area contributed by atoms with E-state index in [1.807, 2.05) is 18.5 Å². The second kappa shape index (κ2) is 22.3. The monoisotopic (exact) mass is 502 g/mol. The minimum absolute atomic E-state index is 0. The Balaban J connectivity index is -0.000000695. The number of hydrogen-bond acceptors (Lipinski definition) is 6. The molecule has 2 atom stereocenters. The molecule has 1 N–H and O–H groups in total. The summed E-state index contributed by atoms with van der Waals surface area (Å²) in [6.45, 7) is 12.5. The van der Waals surface area contributed by atoms with Crippen LogP contribution in [0, 0.1) is 11.3 Å². The van der Waals surface area contributed by atoms with Crippen molar-refractivity contribution in [1.29, 1.82) is 0 Å². The van der Waals surface area contributed by atoms with Crippen LogP contribution in [0.25, 0.3) is 0 Å². The van der Waals surface area contributed by atoms with Gasteiger partial charge in [-0.3, -0.25) is 4.79 Å². The van der Waals surface area contributed by atoms with Crippen LogP contribution in [0.5, 0.6) is 0 Å². The summed E-state index contributed by atoms with van der Waals surface area (Å²) in [7, 11) is 2.42. The minimum Gasteiger partial charge on any atom is -0.464 e. The molecule has 0 saturated carbocycles. The fourth-order valence-corrected chi connectivity index (χ4v) is 2.83. The molecule has 0 fully saturated rings. The van der Waals surface area contributed by atoms with E-state index in [1.54, 1.807) is 0 Å². The molecule has 0 saturated heterocycles. The summed E-state index contributed by atoms with van der Waals surface area (Å²) in [4.78, 5) is 14.1. The average Bonchev–Trinajstić information content (AvgIpc) is 2.55. The van der Waals surface area contributed by atoms with Gasteiger partial charge >= 0.3 is 65.1 Å². The van der Waals surface area contributed by atoms with Crippen molar-refractivity contribution in [2.45, 2.75) is 47.0 Å². The predicted molar refractivity (Wildman–Crippen MR) is 129 cm³/mol. The number of nitrogens with one attached hydrogen (secondary N) is 1. The van der Waals surface area contributed by atoms with Gasteiger partial charge in [0.25, 0.3) is 0 Å². The normalized spacial score (nSPS) is 10.8. The molecule has 0 aliphatic rings. The molecule has 0 amide bonds. The van der Waals surface area contributed by atoms with Crippen LogP contribution in [0.4, 0.5) is 0 Å². The maximum Gasteiger partial charge on any atom is 1.00 e. The van der Waals surface area contributed by atoms with E-state index in [0.29, 0.717) is 34.9 Å². The van der Waals surface area contributed by atoms with Crippen molar-refractivity contribution < 1.29 is 68.6 Å². The van der Waals surface area contributed by atoms with Crippen molar-refractivity contribution in [2.24, 2.45) is 11.3 Å². The van der Waals surface area contributed by atoms with Crippen molar-refractivity contribution in [3.8, 4) is 0 Å². The topological polar surface area (TPSA) is 41.6 Å². The quantitative estimate of drug-likeness (QED) is 0.0874. The maximum absolute atomic E-state index is 12.2. The fourth-order valence-electron chi connectivity index (χ4n) is 2.26. The molecule has 0 spiro atoms. The molecule has 0 aromatic rings. The van der Waals surface area contributed by atoms with E-state index in [1.165, 1.54) is 0 Å². The van der Waals surface area contributed by atoms with Crippen LogP contribution in [-0.4, -0.2) is 52.4 Å². The van der Waals surface area contributed by atoms with E-state index in [2.05, 4.69) is 35.3 Å². The van der Waals surface area contributed by atoms with Crippen molar-refractivity contribution in [3.63, 3.8) is 0 Å². The molecule has 0 heterocycles. The number of esters is 1. The number of nitrogens with zero attached hydrogens (tertiary/aromatic N) is 1. The summed E-state index contributed by atoms with van der Waals surface area (Å²) >= 11 is 19.7. The van der Waals surface area contributed by atoms with Crippen LogP contribution < -0.4 is 64.4 Å². The Labute approximate surface area is 240 Å². The van der Waals surface area contributed by atoms with Gasteiger partial charge in [-0.2, -0.15) is 0 Å². The van der Waals surface area contributed by atoms with Crippen LogP contribution in [0.15, 0.2) is 0 Å². The first-order valence-electron chi connectivity index (χ1n) is 8.72. The van der Waals surface area contributed by atoms with Crippen LogP contribution in [0.3, 0.4) is 0 Å². The molecule has 0 radical (unpaired) electrons. The number of thiocarbonyl (C=S) groups is 2. The molecular formula is C17H33N2Na2O2PS4. The van der Waals surface area contributed by atoms with Crippen molar-refractivity contribution in [3.05, 3.63) is 0 Å². The Hall–Kier alpha value is 2.12. The molecular weight excluding hydrogens is 469 g/mol. The molecule has 0 aromatic carbocycles. The standard InChI is InChI=1S/C16H30N2O2S4.CH5P.2Na/c1-5-12(11-16(2,3)4)13(19)20-10-9-18(15(23)24)8-6-7-17-14(21)22;1-2;;/h12H,5-11H2,1-4H3,(H,23,24)(H2,17,21,22);2H2,1H3;;/q;;2*+1/p-2. The Morgan fingerprint density at radius 1 is 1.18 bits per heavy atom. The third-order valence-electron chi connectivity index (χ3n) is 3.42. The summed E-state index contributed by atoms with van der Waals surface area (Å²) in [5.74, 6) is -0.202. The fraction of sp³-hybridized carbons (Fsp3) is 0.824. The van der Waals surface area contributed by atoms with Crippen molar-refractivity contribution >= 4 is 73.5 Å². The van der Waals surface area contributed by atoms with E-state index in [4.69, 9.17) is 54.4 Å². The first-order chi connectivity index (χ1) is 12.1. The van der Waals surface area contributed by atoms with Crippen LogP contribution in [0.2, 0.25) is 0 Å². The molecule has 0 aliphatic heterocycles. The second-order valence-corrected chi connectivity index (χ2v) is 8.96. The van der Waals surface area contributed by atoms with Gasteiger partial charge in [0, 0.05) is 13.1 Å². The molecule has 0 aromatic heterocycles. The summed E-state index contributed by atoms with van der Waals surface area (Å²) in [5, 5.41) is 2.92. The molecule has 0 aliphatic carbocycles. The van der Waals surface area contributed by atoms with Crippen molar-refractivity contribution in [1.82, 2.24) is 10.2 Å². The van der Waals surface area contributed by atoms with E-state index < -0.39 is 0 Å². The maximum atomic E-state index is 12.2. The molecule has 2 unspecified atom stereocenters. The predicted octanol–water partition coefficient (Wildman–Crippen LogP) is -2.56. The van der Waals surface area contributed by atoms with Gasteiger partial charge in [0.1, 0.15) is 6.61 Å². The third kappa shape index (κ3) is 22.8. The summed E-state index contributed by atoms with van der Waals surface area (Å²) in [6, 6.07) is 0. The SMILES string of the molecule is CCC(CC(C)(C)C)C(=O)OCCN(CCCNC(=S)[S-])C(=S)[S-].CP.[Na+].[Na+]. The average molecular weight is 503 g/mol. The minimum atomic E-state index is -0.138. The van der Waals surface area contributed by atoms with Gasteiger partial charge in [-0.1, -0.05) is 43.0 Å². The van der Waals surface area contributed by atoms with Gasteiger partial charge < -0.3 is 64.6 Å². The molecule has 0 rings (SSSR count). The Morgan fingerprint density at radius 2 is 1.71 bits per heavy atom. The number of ether oxygens (including phenoxy) is 1. The molecule has 28 heavy (non-hydrogen) atoms. The summed E-state index contributed by atoms with van der Waals surface area (Å²) in [6.07, 6.45) is 2.41. The summed E-state index contributed by atoms with van der Waals surface area (Å²) < 4.78 is 6.17. The summed E-state index contributed by atoms with van der Waals surface area (Å²) in [5.41, 5.74) is 0.103. The zero-order valence-corrected chi connectivity index (χ0v) is 26.9. The largest absolute Gasteiger partial charge is 1.00 e. The van der Waals surface area contributed by atoms with Crippen molar-refractivity contribution in [2.75, 3.05) is 32.9 Å². The van der Waals surface area contributed by atoms with Gasteiger partial charge in [0.15, 0.2) is 0 Å². The van der Waals surface area contributed by atoms with Gasteiger partial charge in [0.05, 0.1) is 12.5 Å². The zero-order chi connectivity index (χ0) is 20.8. The van der Waals surface area contributed by atoms with Crippen LogP contribution in [0.1, 0.15) is 47.0 Å². The number of hydrogen-bond donors (Lipinski definition) is 1. The van der Waals surface area contributed by atoms with Gasteiger partial charge in [0.2, 0.25) is 0 Å².